The number of piperazine rings is 1. The topological polar surface area (TPSA) is 18.5 Å². The molecule has 102 valence electrons. The van der Waals surface area contributed by atoms with Crippen molar-refractivity contribution in [1.82, 2.24) is 15.1 Å². The zero-order valence-corrected chi connectivity index (χ0v) is 12.0. The Bertz CT molecular complexity index is 170. The van der Waals surface area contributed by atoms with Crippen LogP contribution >= 0.6 is 0 Å². The maximum Gasteiger partial charge on any atom is 0.0110 e. The largest absolute Gasteiger partial charge is 0.317 e. The second-order valence-corrected chi connectivity index (χ2v) is 4.93. The number of likely N-dealkylation sites (N-methyl/N-ethyl adjacent to an activating group) is 1. The number of hydrogen-bond acceptors (Lipinski definition) is 3. The van der Waals surface area contributed by atoms with Gasteiger partial charge < -0.3 is 15.1 Å². The van der Waals surface area contributed by atoms with Crippen molar-refractivity contribution in [3.05, 3.63) is 0 Å². The third-order valence-corrected chi connectivity index (χ3v) is 3.89. The second-order valence-electron chi connectivity index (χ2n) is 4.93. The van der Waals surface area contributed by atoms with E-state index in [-0.39, 0.29) is 0 Å². The first-order valence-electron chi connectivity index (χ1n) is 7.54. The van der Waals surface area contributed by atoms with Crippen LogP contribution in [0.15, 0.2) is 0 Å². The average Bonchev–Trinajstić information content (AvgIpc) is 2.43. The van der Waals surface area contributed by atoms with Crippen LogP contribution in [0.25, 0.3) is 0 Å². The highest BCUT2D eigenvalue weighted by Gasteiger charge is 2.20. The fraction of sp³-hybridized carbons (Fsp3) is 1.00. The minimum Gasteiger partial charge on any atom is -0.317 e. The van der Waals surface area contributed by atoms with Gasteiger partial charge in [-0.05, 0) is 38.4 Å². The molecule has 0 radical (unpaired) electrons. The van der Waals surface area contributed by atoms with E-state index in [1.807, 2.05) is 13.8 Å². The third kappa shape index (κ3) is 5.36. The fourth-order valence-corrected chi connectivity index (χ4v) is 2.72. The molecule has 0 unspecified atom stereocenters. The molecule has 2 fully saturated rings. The summed E-state index contributed by atoms with van der Waals surface area (Å²) in [7, 11) is 0. The van der Waals surface area contributed by atoms with E-state index in [4.69, 9.17) is 0 Å². The molecule has 2 saturated heterocycles. The quantitative estimate of drug-likeness (QED) is 0.810. The normalized spacial score (nSPS) is 24.2. The summed E-state index contributed by atoms with van der Waals surface area (Å²) in [6, 6.07) is 0. The van der Waals surface area contributed by atoms with E-state index < -0.39 is 0 Å². The van der Waals surface area contributed by atoms with E-state index in [1.54, 1.807) is 0 Å². The predicted octanol–water partition coefficient (Wildman–Crippen LogP) is 1.65. The molecular formula is C14H31N3. The van der Waals surface area contributed by atoms with Crippen LogP contribution in [0.2, 0.25) is 0 Å². The Balaban J connectivity index is 0.000000686. The molecule has 2 aliphatic rings. The standard InChI is InChI=1S/C12H25N3.C2H6/c1-2-14-7-9-15(10-8-14)11-12-3-5-13-6-4-12;1-2/h12-13H,2-11H2,1H3;1-2H3. The molecule has 2 aliphatic heterocycles. The Morgan fingerprint density at radius 2 is 1.47 bits per heavy atom. The summed E-state index contributed by atoms with van der Waals surface area (Å²) >= 11 is 0. The Morgan fingerprint density at radius 3 is 2.00 bits per heavy atom. The molecule has 0 atom stereocenters. The Hall–Kier alpha value is -0.120. The van der Waals surface area contributed by atoms with Gasteiger partial charge in [0.15, 0.2) is 0 Å². The summed E-state index contributed by atoms with van der Waals surface area (Å²) in [5.74, 6) is 0.958. The van der Waals surface area contributed by atoms with Gasteiger partial charge in [-0.1, -0.05) is 20.8 Å². The molecule has 3 heteroatoms. The van der Waals surface area contributed by atoms with E-state index in [0.29, 0.717) is 0 Å². The van der Waals surface area contributed by atoms with Crippen LogP contribution in [0.1, 0.15) is 33.6 Å². The zero-order chi connectivity index (χ0) is 12.5. The van der Waals surface area contributed by atoms with Gasteiger partial charge in [0, 0.05) is 32.7 Å². The summed E-state index contributed by atoms with van der Waals surface area (Å²) in [5.41, 5.74) is 0. The summed E-state index contributed by atoms with van der Waals surface area (Å²) in [5, 5.41) is 3.44. The van der Waals surface area contributed by atoms with Crippen molar-refractivity contribution < 1.29 is 0 Å². The SMILES string of the molecule is CC.CCN1CCN(CC2CCNCC2)CC1. The van der Waals surface area contributed by atoms with Crippen LogP contribution in [-0.2, 0) is 0 Å². The van der Waals surface area contributed by atoms with E-state index in [1.165, 1.54) is 65.2 Å². The van der Waals surface area contributed by atoms with Gasteiger partial charge in [0.25, 0.3) is 0 Å². The fourth-order valence-electron chi connectivity index (χ4n) is 2.72. The maximum atomic E-state index is 3.44. The van der Waals surface area contributed by atoms with Gasteiger partial charge in [0.2, 0.25) is 0 Å². The molecule has 0 amide bonds. The van der Waals surface area contributed by atoms with Crippen LogP contribution in [0.5, 0.6) is 0 Å². The highest BCUT2D eigenvalue weighted by Crippen LogP contribution is 2.14. The third-order valence-electron chi connectivity index (χ3n) is 3.89. The summed E-state index contributed by atoms with van der Waals surface area (Å²) < 4.78 is 0. The van der Waals surface area contributed by atoms with Gasteiger partial charge in [-0.2, -0.15) is 0 Å². The number of nitrogens with zero attached hydrogens (tertiary/aromatic N) is 2. The average molecular weight is 241 g/mol. The monoisotopic (exact) mass is 241 g/mol. The lowest BCUT2D eigenvalue weighted by molar-refractivity contribution is 0.115. The molecule has 0 bridgehead atoms. The van der Waals surface area contributed by atoms with Crippen molar-refractivity contribution >= 4 is 0 Å². The second kappa shape index (κ2) is 8.90. The molecule has 1 N–H and O–H groups in total. The van der Waals surface area contributed by atoms with E-state index in [2.05, 4.69) is 22.0 Å². The summed E-state index contributed by atoms with van der Waals surface area (Å²) in [6.07, 6.45) is 2.77. The first-order valence-corrected chi connectivity index (χ1v) is 7.54. The molecular weight excluding hydrogens is 210 g/mol. The van der Waals surface area contributed by atoms with Crippen LogP contribution in [0, 0.1) is 5.92 Å². The molecule has 2 heterocycles. The first-order chi connectivity index (χ1) is 8.38. The van der Waals surface area contributed by atoms with Crippen molar-refractivity contribution in [2.75, 3.05) is 52.4 Å². The number of nitrogens with one attached hydrogen (secondary N) is 1. The number of rotatable bonds is 3. The van der Waals surface area contributed by atoms with Gasteiger partial charge in [-0.3, -0.25) is 0 Å². The molecule has 0 aliphatic carbocycles. The van der Waals surface area contributed by atoms with Crippen LogP contribution in [0.4, 0.5) is 0 Å². The molecule has 3 nitrogen and oxygen atoms in total. The Morgan fingerprint density at radius 1 is 0.941 bits per heavy atom. The Labute approximate surface area is 108 Å². The molecule has 0 spiro atoms. The summed E-state index contributed by atoms with van der Waals surface area (Å²) in [6.45, 7) is 16.4. The van der Waals surface area contributed by atoms with E-state index in [9.17, 15) is 0 Å². The summed E-state index contributed by atoms with van der Waals surface area (Å²) in [4.78, 5) is 5.22. The smallest absolute Gasteiger partial charge is 0.0110 e. The molecule has 0 saturated carbocycles. The first kappa shape index (κ1) is 14.9. The minimum absolute atomic E-state index is 0.958. The zero-order valence-electron chi connectivity index (χ0n) is 12.0. The minimum atomic E-state index is 0.958. The lowest BCUT2D eigenvalue weighted by Crippen LogP contribution is -2.48. The van der Waals surface area contributed by atoms with Crippen molar-refractivity contribution in [3.63, 3.8) is 0 Å². The van der Waals surface area contributed by atoms with Crippen LogP contribution in [-0.4, -0.2) is 62.2 Å². The van der Waals surface area contributed by atoms with E-state index >= 15 is 0 Å². The molecule has 0 aromatic heterocycles. The number of piperidine rings is 1. The number of hydrogen-bond donors (Lipinski definition) is 1. The van der Waals surface area contributed by atoms with Crippen molar-refractivity contribution in [1.29, 1.82) is 0 Å². The van der Waals surface area contributed by atoms with Gasteiger partial charge in [-0.15, -0.1) is 0 Å². The molecule has 2 rings (SSSR count). The van der Waals surface area contributed by atoms with Gasteiger partial charge in [0.1, 0.15) is 0 Å². The van der Waals surface area contributed by atoms with Gasteiger partial charge >= 0.3 is 0 Å². The lowest BCUT2D eigenvalue weighted by Gasteiger charge is -2.36. The van der Waals surface area contributed by atoms with Gasteiger partial charge in [0.05, 0.1) is 0 Å². The van der Waals surface area contributed by atoms with Crippen LogP contribution < -0.4 is 5.32 Å². The predicted molar refractivity (Wildman–Crippen MR) is 75.5 cm³/mol. The highest BCUT2D eigenvalue weighted by molar-refractivity contribution is 4.76. The molecule has 17 heavy (non-hydrogen) atoms. The molecule has 0 aromatic carbocycles. The van der Waals surface area contributed by atoms with Crippen molar-refractivity contribution in [3.8, 4) is 0 Å². The maximum absolute atomic E-state index is 3.44. The van der Waals surface area contributed by atoms with Crippen molar-refractivity contribution in [2.24, 2.45) is 5.92 Å². The Kier molecular flexibility index (Phi) is 7.82. The van der Waals surface area contributed by atoms with E-state index in [0.717, 1.165) is 5.92 Å². The molecule has 0 aromatic rings. The van der Waals surface area contributed by atoms with Crippen LogP contribution in [0.3, 0.4) is 0 Å². The van der Waals surface area contributed by atoms with Gasteiger partial charge in [-0.25, -0.2) is 0 Å². The lowest BCUT2D eigenvalue weighted by atomic mass is 9.97. The van der Waals surface area contributed by atoms with Crippen molar-refractivity contribution in [2.45, 2.75) is 33.6 Å². The highest BCUT2D eigenvalue weighted by atomic mass is 15.3.